The van der Waals surface area contributed by atoms with Crippen LogP contribution in [0.15, 0.2) is 138 Å². The van der Waals surface area contributed by atoms with Gasteiger partial charge in [0.25, 0.3) is 0 Å². The van der Waals surface area contributed by atoms with E-state index in [-0.39, 0.29) is 5.41 Å². The average molecular weight is 657 g/mol. The number of fused-ring (bicyclic) bond motifs is 8. The van der Waals surface area contributed by atoms with E-state index >= 15 is 0 Å². The Labute approximate surface area is 295 Å². The first-order chi connectivity index (χ1) is 25.2. The standard InChI is InChI=1S/C46H32N4O/c47-28-29-16-23-39-38(26-29)34-22-21-33(27-40(34)46(39)24-7-2-8-25-46)30-17-19-32(20-18-30)44-48-43(31-10-3-1-4-11-31)49-45(50-44)37-14-9-13-36-35-12-5-6-15-41(35)51-42(36)37/h1,3-6,9-23,26-27H,2,7-8,24-25H2. The van der Waals surface area contributed by atoms with E-state index in [1.807, 2.05) is 66.7 Å². The van der Waals surface area contributed by atoms with Crippen LogP contribution in [0.3, 0.4) is 0 Å². The third kappa shape index (κ3) is 4.71. The zero-order valence-corrected chi connectivity index (χ0v) is 27.9. The van der Waals surface area contributed by atoms with Crippen LogP contribution in [0, 0.1) is 11.3 Å². The Kier molecular flexibility index (Phi) is 6.72. The van der Waals surface area contributed by atoms with E-state index < -0.39 is 0 Å². The predicted octanol–water partition coefficient (Wildman–Crippen LogP) is 11.5. The highest BCUT2D eigenvalue weighted by atomic mass is 16.3. The zero-order chi connectivity index (χ0) is 33.9. The minimum atomic E-state index is 0.0185. The molecule has 0 amide bonds. The molecule has 6 aromatic carbocycles. The summed E-state index contributed by atoms with van der Waals surface area (Å²) in [5, 5.41) is 11.8. The molecule has 2 aliphatic carbocycles. The lowest BCUT2D eigenvalue weighted by atomic mass is 9.67. The van der Waals surface area contributed by atoms with Crippen LogP contribution in [0.25, 0.3) is 78.4 Å². The Balaban J connectivity index is 1.07. The van der Waals surface area contributed by atoms with Gasteiger partial charge in [-0.05, 0) is 76.6 Å². The minimum absolute atomic E-state index is 0.0185. The van der Waals surface area contributed by atoms with Gasteiger partial charge in [0.1, 0.15) is 11.2 Å². The van der Waals surface area contributed by atoms with E-state index in [4.69, 9.17) is 19.4 Å². The number of benzene rings is 6. The zero-order valence-electron chi connectivity index (χ0n) is 27.9. The van der Waals surface area contributed by atoms with Crippen molar-refractivity contribution in [2.75, 3.05) is 0 Å². The van der Waals surface area contributed by atoms with E-state index in [0.717, 1.165) is 62.6 Å². The highest BCUT2D eigenvalue weighted by Crippen LogP contribution is 2.56. The quantitative estimate of drug-likeness (QED) is 0.188. The number of nitriles is 1. The largest absolute Gasteiger partial charge is 0.455 e. The summed E-state index contributed by atoms with van der Waals surface area (Å²) in [5.74, 6) is 1.80. The maximum atomic E-state index is 9.67. The first-order valence-corrected chi connectivity index (χ1v) is 17.7. The van der Waals surface area contributed by atoms with Crippen molar-refractivity contribution >= 4 is 21.9 Å². The van der Waals surface area contributed by atoms with Crippen molar-refractivity contribution in [2.24, 2.45) is 0 Å². The Hall–Kier alpha value is -6.38. The fourth-order valence-corrected chi connectivity index (χ4v) is 8.52. The molecule has 0 atom stereocenters. The molecular formula is C46H32N4O. The maximum absolute atomic E-state index is 9.67. The van der Waals surface area contributed by atoms with Crippen molar-refractivity contribution in [3.63, 3.8) is 0 Å². The van der Waals surface area contributed by atoms with Gasteiger partial charge in [0.05, 0.1) is 17.2 Å². The van der Waals surface area contributed by atoms with Gasteiger partial charge in [-0.25, -0.2) is 15.0 Å². The number of para-hydroxylation sites is 2. The third-order valence-corrected chi connectivity index (χ3v) is 11.0. The van der Waals surface area contributed by atoms with Crippen LogP contribution in [-0.2, 0) is 5.41 Å². The molecule has 1 saturated carbocycles. The molecule has 0 saturated heterocycles. The number of hydrogen-bond acceptors (Lipinski definition) is 5. The van der Waals surface area contributed by atoms with E-state index in [2.05, 4.69) is 72.8 Å². The molecule has 0 bridgehead atoms. The Bertz CT molecular complexity index is 2680. The van der Waals surface area contributed by atoms with E-state index in [1.54, 1.807) is 0 Å². The third-order valence-electron chi connectivity index (χ3n) is 11.0. The van der Waals surface area contributed by atoms with Crippen LogP contribution >= 0.6 is 0 Å². The second-order valence-electron chi connectivity index (χ2n) is 13.8. The monoisotopic (exact) mass is 656 g/mol. The molecule has 0 unspecified atom stereocenters. The van der Waals surface area contributed by atoms with Crippen LogP contribution in [0.4, 0.5) is 0 Å². The van der Waals surface area contributed by atoms with Crippen molar-refractivity contribution in [1.82, 2.24) is 15.0 Å². The number of aromatic nitrogens is 3. The van der Waals surface area contributed by atoms with Gasteiger partial charge in [-0.1, -0.05) is 122 Å². The number of rotatable bonds is 4. The SMILES string of the molecule is N#Cc1ccc2c(c1)-c1ccc(-c3ccc(-c4nc(-c5ccccc5)nc(-c5cccc6c5oc5ccccc56)n4)cc3)cc1C21CCCCC1. The second-order valence-corrected chi connectivity index (χ2v) is 13.8. The van der Waals surface area contributed by atoms with Crippen LogP contribution in [0.2, 0.25) is 0 Å². The van der Waals surface area contributed by atoms with Crippen molar-refractivity contribution < 1.29 is 4.42 Å². The molecule has 2 heterocycles. The number of hydrogen-bond donors (Lipinski definition) is 0. The van der Waals surface area contributed by atoms with Crippen molar-refractivity contribution in [1.29, 1.82) is 5.26 Å². The molecule has 0 aliphatic heterocycles. The second kappa shape index (κ2) is 11.6. The van der Waals surface area contributed by atoms with Crippen LogP contribution < -0.4 is 0 Å². The average Bonchev–Trinajstić information content (AvgIpc) is 3.71. The molecule has 0 radical (unpaired) electrons. The number of nitrogens with zero attached hydrogens (tertiary/aromatic N) is 4. The summed E-state index contributed by atoms with van der Waals surface area (Å²) in [6.45, 7) is 0. The fourth-order valence-electron chi connectivity index (χ4n) is 8.52. The van der Waals surface area contributed by atoms with Gasteiger partial charge in [-0.15, -0.1) is 0 Å². The lowest BCUT2D eigenvalue weighted by Gasteiger charge is -2.36. The molecule has 2 aromatic heterocycles. The Morgan fingerprint density at radius 3 is 2.00 bits per heavy atom. The summed E-state index contributed by atoms with van der Waals surface area (Å²) in [7, 11) is 0. The van der Waals surface area contributed by atoms with Crippen molar-refractivity contribution in [3.05, 3.63) is 150 Å². The summed E-state index contributed by atoms with van der Waals surface area (Å²) in [6.07, 6.45) is 6.02. The molecule has 0 N–H and O–H groups in total. The highest BCUT2D eigenvalue weighted by Gasteiger charge is 2.43. The van der Waals surface area contributed by atoms with Gasteiger partial charge in [0.2, 0.25) is 0 Å². The van der Waals surface area contributed by atoms with Crippen molar-refractivity contribution in [2.45, 2.75) is 37.5 Å². The predicted molar refractivity (Wildman–Crippen MR) is 203 cm³/mol. The molecule has 51 heavy (non-hydrogen) atoms. The van der Waals surface area contributed by atoms with Gasteiger partial charge in [-0.3, -0.25) is 0 Å². The lowest BCUT2D eigenvalue weighted by Crippen LogP contribution is -2.28. The first-order valence-electron chi connectivity index (χ1n) is 17.7. The summed E-state index contributed by atoms with van der Waals surface area (Å²) in [4.78, 5) is 15.0. The maximum Gasteiger partial charge on any atom is 0.167 e. The summed E-state index contributed by atoms with van der Waals surface area (Å²) in [5.41, 5.74) is 12.6. The van der Waals surface area contributed by atoms with E-state index in [0.29, 0.717) is 17.5 Å². The van der Waals surface area contributed by atoms with Crippen molar-refractivity contribution in [3.8, 4) is 62.5 Å². The summed E-state index contributed by atoms with van der Waals surface area (Å²) in [6, 6.07) is 48.4. The minimum Gasteiger partial charge on any atom is -0.455 e. The van der Waals surface area contributed by atoms with Crippen LogP contribution in [-0.4, -0.2) is 15.0 Å². The van der Waals surface area contributed by atoms with Gasteiger partial charge in [0.15, 0.2) is 17.5 Å². The van der Waals surface area contributed by atoms with Gasteiger partial charge in [0, 0.05) is 27.3 Å². The van der Waals surface area contributed by atoms with E-state index in [9.17, 15) is 5.26 Å². The fraction of sp³-hybridized carbons (Fsp3) is 0.130. The Morgan fingerprint density at radius 1 is 0.510 bits per heavy atom. The molecule has 242 valence electrons. The molecule has 2 aliphatic rings. The van der Waals surface area contributed by atoms with Crippen LogP contribution in [0.5, 0.6) is 0 Å². The van der Waals surface area contributed by atoms with Gasteiger partial charge < -0.3 is 4.42 Å². The molecule has 5 nitrogen and oxygen atoms in total. The number of furan rings is 1. The molecular weight excluding hydrogens is 625 g/mol. The Morgan fingerprint density at radius 2 is 1.20 bits per heavy atom. The molecule has 1 fully saturated rings. The highest BCUT2D eigenvalue weighted by molar-refractivity contribution is 6.09. The summed E-state index contributed by atoms with van der Waals surface area (Å²) >= 11 is 0. The normalized spacial score (nSPS) is 14.4. The first kappa shape index (κ1) is 29.5. The topological polar surface area (TPSA) is 75.6 Å². The molecule has 10 rings (SSSR count). The molecule has 8 aromatic rings. The molecule has 1 spiro atoms. The van der Waals surface area contributed by atoms with Gasteiger partial charge in [-0.2, -0.15) is 5.26 Å². The van der Waals surface area contributed by atoms with Crippen LogP contribution in [0.1, 0.15) is 48.8 Å². The lowest BCUT2D eigenvalue weighted by molar-refractivity contribution is 0.353. The smallest absolute Gasteiger partial charge is 0.167 e. The summed E-state index contributed by atoms with van der Waals surface area (Å²) < 4.78 is 6.38. The molecule has 5 heteroatoms. The van der Waals surface area contributed by atoms with Gasteiger partial charge >= 0.3 is 0 Å². The van der Waals surface area contributed by atoms with E-state index in [1.165, 1.54) is 47.1 Å².